The minimum absolute atomic E-state index is 0.0734. The molecule has 0 aliphatic rings. The van der Waals surface area contributed by atoms with E-state index in [0.29, 0.717) is 32.1 Å². The molecule has 0 aliphatic heterocycles. The van der Waals surface area contributed by atoms with Gasteiger partial charge >= 0.3 is 11.9 Å². The van der Waals surface area contributed by atoms with Crippen LogP contribution >= 0.6 is 7.37 Å². The number of hydrogen-bond acceptors (Lipinski definition) is 3. The van der Waals surface area contributed by atoms with E-state index in [1.165, 1.54) is 6.66 Å². The zero-order chi connectivity index (χ0) is 17.2. The Morgan fingerprint density at radius 1 is 1.00 bits per heavy atom. The number of aliphatic carboxylic acids is 2. The molecular weight excluding hydrogens is 307 g/mol. The maximum absolute atomic E-state index is 12.0. The van der Waals surface area contributed by atoms with Crippen molar-refractivity contribution in [3.05, 3.63) is 0 Å². The first-order valence-electron chi connectivity index (χ1n) is 7.94. The smallest absolute Gasteiger partial charge is 0.307 e. The SMILES string of the molecule is CCCCCC(C(CCCCCC(=O)O)C(=O)O)P(C)(=O)O. The average Bonchev–Trinajstić information content (AvgIpc) is 2.38. The molecule has 0 radical (unpaired) electrons. The van der Waals surface area contributed by atoms with Gasteiger partial charge in [0.1, 0.15) is 0 Å². The van der Waals surface area contributed by atoms with Crippen LogP contribution in [-0.4, -0.2) is 39.4 Å². The summed E-state index contributed by atoms with van der Waals surface area (Å²) in [4.78, 5) is 31.8. The number of hydrogen-bond donors (Lipinski definition) is 3. The summed E-state index contributed by atoms with van der Waals surface area (Å²) in [5.74, 6) is -2.72. The summed E-state index contributed by atoms with van der Waals surface area (Å²) in [6, 6.07) is 0. The summed E-state index contributed by atoms with van der Waals surface area (Å²) in [5.41, 5.74) is -0.712. The van der Waals surface area contributed by atoms with Crippen LogP contribution in [0.15, 0.2) is 0 Å². The molecule has 0 aliphatic carbocycles. The molecule has 0 saturated heterocycles. The summed E-state index contributed by atoms with van der Waals surface area (Å²) in [6.07, 6.45) is 5.18. The number of carboxylic acid groups (broad SMARTS) is 2. The second-order valence-corrected chi connectivity index (χ2v) is 8.49. The van der Waals surface area contributed by atoms with Crippen LogP contribution in [0.25, 0.3) is 0 Å². The number of carbonyl (C=O) groups is 2. The van der Waals surface area contributed by atoms with Crippen LogP contribution in [0.5, 0.6) is 0 Å². The Balaban J connectivity index is 4.59. The van der Waals surface area contributed by atoms with Crippen LogP contribution in [-0.2, 0) is 14.2 Å². The van der Waals surface area contributed by atoms with E-state index >= 15 is 0 Å². The average molecular weight is 336 g/mol. The zero-order valence-corrected chi connectivity index (χ0v) is 14.4. The molecule has 0 spiro atoms. The van der Waals surface area contributed by atoms with Gasteiger partial charge in [-0.1, -0.05) is 39.0 Å². The van der Waals surface area contributed by atoms with Crippen molar-refractivity contribution < 1.29 is 29.3 Å². The standard InChI is InChI=1S/C15H29O6P/c1-3-4-6-10-13(22(2,20)21)12(15(18)19)9-7-5-8-11-14(16)17/h12-13H,3-11H2,1-2H3,(H,16,17)(H,18,19)(H,20,21). The van der Waals surface area contributed by atoms with Gasteiger partial charge in [0.25, 0.3) is 0 Å². The maximum Gasteiger partial charge on any atom is 0.307 e. The first-order chi connectivity index (χ1) is 10.2. The third-order valence-electron chi connectivity index (χ3n) is 3.91. The summed E-state index contributed by atoms with van der Waals surface area (Å²) in [7, 11) is -3.47. The van der Waals surface area contributed by atoms with Gasteiger partial charge in [0.2, 0.25) is 7.37 Å². The molecule has 0 aromatic carbocycles. The summed E-state index contributed by atoms with van der Waals surface area (Å²) >= 11 is 0. The lowest BCUT2D eigenvalue weighted by molar-refractivity contribution is -0.142. The van der Waals surface area contributed by atoms with Crippen molar-refractivity contribution >= 4 is 19.3 Å². The predicted octanol–water partition coefficient (Wildman–Crippen LogP) is 3.57. The van der Waals surface area contributed by atoms with E-state index in [1.54, 1.807) is 0 Å². The van der Waals surface area contributed by atoms with E-state index in [1.807, 2.05) is 6.92 Å². The molecule has 0 heterocycles. The van der Waals surface area contributed by atoms with Crippen LogP contribution in [0.3, 0.4) is 0 Å². The molecule has 0 saturated carbocycles. The van der Waals surface area contributed by atoms with Gasteiger partial charge in [0.05, 0.1) is 5.92 Å². The van der Waals surface area contributed by atoms with Gasteiger partial charge in [-0.25, -0.2) is 0 Å². The summed E-state index contributed by atoms with van der Waals surface area (Å²) in [6.45, 7) is 3.26. The highest BCUT2D eigenvalue weighted by Gasteiger charge is 2.37. The highest BCUT2D eigenvalue weighted by Crippen LogP contribution is 2.49. The van der Waals surface area contributed by atoms with Gasteiger partial charge < -0.3 is 15.1 Å². The third-order valence-corrected chi connectivity index (χ3v) is 5.76. The van der Waals surface area contributed by atoms with E-state index in [-0.39, 0.29) is 6.42 Å². The van der Waals surface area contributed by atoms with Crippen LogP contribution in [0.2, 0.25) is 0 Å². The fourth-order valence-corrected chi connectivity index (χ4v) is 4.28. The van der Waals surface area contributed by atoms with Crippen molar-refractivity contribution in [3.8, 4) is 0 Å². The lowest BCUT2D eigenvalue weighted by Gasteiger charge is -2.26. The van der Waals surface area contributed by atoms with Crippen LogP contribution in [0.4, 0.5) is 0 Å². The normalized spacial score (nSPS) is 16.7. The van der Waals surface area contributed by atoms with Crippen molar-refractivity contribution in [2.45, 2.75) is 70.4 Å². The Bertz CT molecular complexity index is 389. The van der Waals surface area contributed by atoms with E-state index < -0.39 is 30.9 Å². The Morgan fingerprint density at radius 3 is 2.05 bits per heavy atom. The fourth-order valence-electron chi connectivity index (χ4n) is 2.68. The molecule has 3 unspecified atom stereocenters. The summed E-state index contributed by atoms with van der Waals surface area (Å²) in [5, 5.41) is 17.9. The quantitative estimate of drug-likeness (QED) is 0.350. The molecule has 0 rings (SSSR count). The molecule has 3 atom stereocenters. The Morgan fingerprint density at radius 2 is 1.59 bits per heavy atom. The topological polar surface area (TPSA) is 112 Å². The minimum Gasteiger partial charge on any atom is -0.481 e. The number of rotatable bonds is 13. The Labute approximate surface area is 132 Å². The first-order valence-corrected chi connectivity index (χ1v) is 10.1. The lowest BCUT2D eigenvalue weighted by Crippen LogP contribution is -2.28. The third kappa shape index (κ3) is 9.21. The van der Waals surface area contributed by atoms with Crippen LogP contribution < -0.4 is 0 Å². The van der Waals surface area contributed by atoms with Crippen LogP contribution in [0, 0.1) is 5.92 Å². The maximum atomic E-state index is 12.0. The number of unbranched alkanes of at least 4 members (excludes halogenated alkanes) is 4. The molecule has 22 heavy (non-hydrogen) atoms. The van der Waals surface area contributed by atoms with Crippen molar-refractivity contribution in [1.29, 1.82) is 0 Å². The van der Waals surface area contributed by atoms with Gasteiger partial charge in [-0.3, -0.25) is 14.2 Å². The molecule has 130 valence electrons. The Hall–Kier alpha value is -0.870. The highest BCUT2D eigenvalue weighted by molar-refractivity contribution is 7.58. The molecule has 6 nitrogen and oxygen atoms in total. The molecule has 0 aromatic heterocycles. The monoisotopic (exact) mass is 336 g/mol. The molecule has 3 N–H and O–H groups in total. The zero-order valence-electron chi connectivity index (χ0n) is 13.5. The van der Waals surface area contributed by atoms with E-state index in [9.17, 15) is 24.2 Å². The highest BCUT2D eigenvalue weighted by atomic mass is 31.2. The molecule has 0 aromatic rings. The van der Waals surface area contributed by atoms with Crippen molar-refractivity contribution in [2.24, 2.45) is 5.92 Å². The lowest BCUT2D eigenvalue weighted by atomic mass is 9.94. The van der Waals surface area contributed by atoms with Gasteiger partial charge in [0, 0.05) is 18.7 Å². The molecule has 0 amide bonds. The second kappa shape index (κ2) is 10.8. The Kier molecular flexibility index (Phi) is 10.4. The van der Waals surface area contributed by atoms with Gasteiger partial charge in [-0.05, 0) is 19.3 Å². The van der Waals surface area contributed by atoms with E-state index in [4.69, 9.17) is 5.11 Å². The van der Waals surface area contributed by atoms with Gasteiger partial charge in [-0.15, -0.1) is 0 Å². The number of carboxylic acids is 2. The van der Waals surface area contributed by atoms with E-state index in [2.05, 4.69) is 0 Å². The van der Waals surface area contributed by atoms with Gasteiger partial charge in [-0.2, -0.15) is 0 Å². The van der Waals surface area contributed by atoms with Crippen molar-refractivity contribution in [1.82, 2.24) is 0 Å². The largest absolute Gasteiger partial charge is 0.481 e. The fraction of sp³-hybridized carbons (Fsp3) is 0.867. The second-order valence-electron chi connectivity index (χ2n) is 5.94. The molecular formula is C15H29O6P. The van der Waals surface area contributed by atoms with Crippen molar-refractivity contribution in [3.63, 3.8) is 0 Å². The van der Waals surface area contributed by atoms with E-state index in [0.717, 1.165) is 19.3 Å². The molecule has 7 heteroatoms. The van der Waals surface area contributed by atoms with Crippen molar-refractivity contribution in [2.75, 3.05) is 6.66 Å². The van der Waals surface area contributed by atoms with Gasteiger partial charge in [0.15, 0.2) is 0 Å². The minimum atomic E-state index is -3.47. The molecule has 0 fully saturated rings. The first kappa shape index (κ1) is 21.1. The summed E-state index contributed by atoms with van der Waals surface area (Å²) < 4.78 is 12.0. The van der Waals surface area contributed by atoms with Crippen LogP contribution in [0.1, 0.15) is 64.7 Å². The predicted molar refractivity (Wildman–Crippen MR) is 85.5 cm³/mol. The molecule has 0 bridgehead atoms.